The zero-order valence-electron chi connectivity index (χ0n) is 10.1. The topological polar surface area (TPSA) is 75.4 Å². The molecule has 0 spiro atoms. The Hall–Kier alpha value is -0.920. The molecule has 0 bridgehead atoms. The fourth-order valence-electron chi connectivity index (χ4n) is 2.03. The number of rotatable bonds is 2. The van der Waals surface area contributed by atoms with Gasteiger partial charge in [0, 0.05) is 19.6 Å². The first-order chi connectivity index (χ1) is 8.03. The Labute approximate surface area is 101 Å². The molecule has 2 rings (SSSR count). The van der Waals surface area contributed by atoms with Gasteiger partial charge in [-0.15, -0.1) is 0 Å². The molecule has 17 heavy (non-hydrogen) atoms. The Morgan fingerprint density at radius 3 is 2.71 bits per heavy atom. The Balaban J connectivity index is 2.35. The lowest BCUT2D eigenvalue weighted by Crippen LogP contribution is -2.34. The highest BCUT2D eigenvalue weighted by molar-refractivity contribution is 7.89. The van der Waals surface area contributed by atoms with Crippen molar-refractivity contribution in [2.75, 3.05) is 26.2 Å². The van der Waals surface area contributed by atoms with Crippen LogP contribution in [0.1, 0.15) is 17.9 Å². The molecular formula is C10H17N3O3S. The third kappa shape index (κ3) is 2.36. The second kappa shape index (κ2) is 4.75. The van der Waals surface area contributed by atoms with E-state index in [0.29, 0.717) is 31.1 Å². The van der Waals surface area contributed by atoms with Gasteiger partial charge in [0.15, 0.2) is 5.76 Å². The molecule has 1 N–H and O–H groups in total. The van der Waals surface area contributed by atoms with Crippen LogP contribution >= 0.6 is 0 Å². The number of nitrogens with zero attached hydrogens (tertiary/aromatic N) is 2. The van der Waals surface area contributed by atoms with E-state index in [1.54, 1.807) is 13.8 Å². The predicted octanol–water partition coefficient (Wildman–Crippen LogP) is 0.275. The average molecular weight is 259 g/mol. The molecule has 0 saturated carbocycles. The van der Waals surface area contributed by atoms with Crippen LogP contribution in [0.2, 0.25) is 0 Å². The van der Waals surface area contributed by atoms with Gasteiger partial charge < -0.3 is 9.84 Å². The highest BCUT2D eigenvalue weighted by Gasteiger charge is 2.30. The summed E-state index contributed by atoms with van der Waals surface area (Å²) in [5, 5.41) is 6.88. The lowest BCUT2D eigenvalue weighted by atomic mass is 10.4. The first kappa shape index (κ1) is 12.5. The summed E-state index contributed by atoms with van der Waals surface area (Å²) < 4.78 is 31.3. The molecule has 0 radical (unpaired) electrons. The highest BCUT2D eigenvalue weighted by Crippen LogP contribution is 2.23. The molecule has 1 saturated heterocycles. The van der Waals surface area contributed by atoms with E-state index in [1.807, 2.05) is 0 Å². The van der Waals surface area contributed by atoms with Gasteiger partial charge in [0.25, 0.3) is 0 Å². The third-order valence-corrected chi connectivity index (χ3v) is 5.01. The van der Waals surface area contributed by atoms with Gasteiger partial charge in [-0.1, -0.05) is 5.16 Å². The maximum Gasteiger partial charge on any atom is 0.248 e. The van der Waals surface area contributed by atoms with Crippen molar-refractivity contribution < 1.29 is 12.9 Å². The van der Waals surface area contributed by atoms with Crippen molar-refractivity contribution in [2.24, 2.45) is 0 Å². The van der Waals surface area contributed by atoms with E-state index in [-0.39, 0.29) is 4.90 Å². The quantitative estimate of drug-likeness (QED) is 0.825. The fraction of sp³-hybridized carbons (Fsp3) is 0.700. The predicted molar refractivity (Wildman–Crippen MR) is 62.2 cm³/mol. The second-order valence-electron chi connectivity index (χ2n) is 4.16. The molecule has 1 aromatic rings. The Kier molecular flexibility index (Phi) is 3.50. The van der Waals surface area contributed by atoms with E-state index in [4.69, 9.17) is 4.52 Å². The van der Waals surface area contributed by atoms with Crippen molar-refractivity contribution >= 4 is 10.0 Å². The van der Waals surface area contributed by atoms with Crippen molar-refractivity contribution in [3.8, 4) is 0 Å². The molecule has 96 valence electrons. The van der Waals surface area contributed by atoms with Crippen LogP contribution in [0.3, 0.4) is 0 Å². The normalized spacial score (nSPS) is 19.2. The summed E-state index contributed by atoms with van der Waals surface area (Å²) in [4.78, 5) is 0.222. The molecule has 0 unspecified atom stereocenters. The van der Waals surface area contributed by atoms with Gasteiger partial charge >= 0.3 is 0 Å². The minimum atomic E-state index is -3.47. The molecule has 7 heteroatoms. The summed E-state index contributed by atoms with van der Waals surface area (Å²) in [6.45, 7) is 5.85. The average Bonchev–Trinajstić information content (AvgIpc) is 2.53. The second-order valence-corrected chi connectivity index (χ2v) is 6.04. The lowest BCUT2D eigenvalue weighted by Gasteiger charge is -2.19. The smallest absolute Gasteiger partial charge is 0.248 e. The monoisotopic (exact) mass is 259 g/mol. The van der Waals surface area contributed by atoms with Crippen molar-refractivity contribution in [3.05, 3.63) is 11.5 Å². The van der Waals surface area contributed by atoms with Gasteiger partial charge in [-0.25, -0.2) is 8.42 Å². The van der Waals surface area contributed by atoms with E-state index in [2.05, 4.69) is 10.5 Å². The molecule has 0 amide bonds. The van der Waals surface area contributed by atoms with Gasteiger partial charge in [-0.05, 0) is 26.8 Å². The first-order valence-corrected chi connectivity index (χ1v) is 7.11. The number of aryl methyl sites for hydroxylation is 2. The van der Waals surface area contributed by atoms with E-state index in [1.165, 1.54) is 4.31 Å². The van der Waals surface area contributed by atoms with Crippen LogP contribution in [-0.4, -0.2) is 44.1 Å². The maximum absolute atomic E-state index is 12.4. The SMILES string of the molecule is Cc1noc(C)c1S(=O)(=O)N1CCCNCC1. The third-order valence-electron chi connectivity index (χ3n) is 2.86. The molecule has 0 aromatic carbocycles. The van der Waals surface area contributed by atoms with E-state index in [9.17, 15) is 8.42 Å². The molecule has 2 heterocycles. The molecule has 0 atom stereocenters. The van der Waals surface area contributed by atoms with Gasteiger partial charge in [0.05, 0.1) is 0 Å². The number of nitrogens with one attached hydrogen (secondary N) is 1. The summed E-state index contributed by atoms with van der Waals surface area (Å²) in [5.74, 6) is 0.361. The van der Waals surface area contributed by atoms with E-state index in [0.717, 1.165) is 13.0 Å². The lowest BCUT2D eigenvalue weighted by molar-refractivity contribution is 0.389. The van der Waals surface area contributed by atoms with Gasteiger partial charge in [-0.3, -0.25) is 0 Å². The fourth-order valence-corrected chi connectivity index (χ4v) is 3.80. The molecule has 1 aromatic heterocycles. The minimum Gasteiger partial charge on any atom is -0.360 e. The van der Waals surface area contributed by atoms with E-state index < -0.39 is 10.0 Å². The van der Waals surface area contributed by atoms with E-state index >= 15 is 0 Å². The summed E-state index contributed by atoms with van der Waals surface area (Å²) in [5.41, 5.74) is 0.430. The van der Waals surface area contributed by atoms with Gasteiger partial charge in [-0.2, -0.15) is 4.31 Å². The van der Waals surface area contributed by atoms with Crippen LogP contribution in [0, 0.1) is 13.8 Å². The highest BCUT2D eigenvalue weighted by atomic mass is 32.2. The molecule has 1 aliphatic heterocycles. The zero-order chi connectivity index (χ0) is 12.5. The number of aromatic nitrogens is 1. The maximum atomic E-state index is 12.4. The van der Waals surface area contributed by atoms with Crippen LogP contribution in [-0.2, 0) is 10.0 Å². The Morgan fingerprint density at radius 1 is 1.29 bits per heavy atom. The Morgan fingerprint density at radius 2 is 2.06 bits per heavy atom. The minimum absolute atomic E-state index is 0.222. The van der Waals surface area contributed by atoms with Crippen LogP contribution in [0.25, 0.3) is 0 Å². The van der Waals surface area contributed by atoms with Crippen LogP contribution in [0.4, 0.5) is 0 Å². The molecular weight excluding hydrogens is 242 g/mol. The summed E-state index contributed by atoms with van der Waals surface area (Å²) >= 11 is 0. The van der Waals surface area contributed by atoms with Crippen LogP contribution in [0.5, 0.6) is 0 Å². The molecule has 1 fully saturated rings. The zero-order valence-corrected chi connectivity index (χ0v) is 10.9. The summed E-state index contributed by atoms with van der Waals surface area (Å²) in [6.07, 6.45) is 0.822. The Bertz CT molecular complexity index is 467. The van der Waals surface area contributed by atoms with Crippen molar-refractivity contribution in [1.29, 1.82) is 0 Å². The number of hydrogen-bond donors (Lipinski definition) is 1. The standard InChI is InChI=1S/C10H17N3O3S/c1-8-10(9(2)16-12-8)17(14,15)13-6-3-4-11-5-7-13/h11H,3-7H2,1-2H3. The summed E-state index contributed by atoms with van der Waals surface area (Å²) in [7, 11) is -3.47. The first-order valence-electron chi connectivity index (χ1n) is 5.67. The van der Waals surface area contributed by atoms with Crippen molar-refractivity contribution in [1.82, 2.24) is 14.8 Å². The number of sulfonamides is 1. The number of hydrogen-bond acceptors (Lipinski definition) is 5. The van der Waals surface area contributed by atoms with Gasteiger partial charge in [0.1, 0.15) is 10.6 Å². The van der Waals surface area contributed by atoms with Gasteiger partial charge in [0.2, 0.25) is 10.0 Å². The largest absolute Gasteiger partial charge is 0.360 e. The van der Waals surface area contributed by atoms with Crippen molar-refractivity contribution in [3.63, 3.8) is 0 Å². The molecule has 1 aliphatic rings. The molecule has 0 aliphatic carbocycles. The van der Waals surface area contributed by atoms with Crippen molar-refractivity contribution in [2.45, 2.75) is 25.2 Å². The van der Waals surface area contributed by atoms with Crippen LogP contribution < -0.4 is 5.32 Å². The summed E-state index contributed by atoms with van der Waals surface area (Å²) in [6, 6.07) is 0. The van der Waals surface area contributed by atoms with Crippen LogP contribution in [0.15, 0.2) is 9.42 Å². The molecule has 6 nitrogen and oxygen atoms in total.